The molecule has 0 fully saturated rings. The maximum Gasteiger partial charge on any atom is 0.176 e. The van der Waals surface area contributed by atoms with E-state index in [4.69, 9.17) is 4.74 Å². The average molecular weight is 200 g/mol. The summed E-state index contributed by atoms with van der Waals surface area (Å²) in [6.07, 6.45) is 3.98. The molecule has 0 aliphatic carbocycles. The van der Waals surface area contributed by atoms with Gasteiger partial charge in [-0.15, -0.1) is 0 Å². The molecular formula is C12H24O2. The Kier molecular flexibility index (Phi) is 7.81. The maximum atomic E-state index is 9.37. The highest BCUT2D eigenvalue weighted by Crippen LogP contribution is 2.14. The molecule has 14 heavy (non-hydrogen) atoms. The summed E-state index contributed by atoms with van der Waals surface area (Å²) in [5, 5.41) is 9.37. The Hall–Kier alpha value is -0.340. The van der Waals surface area contributed by atoms with Crippen molar-refractivity contribution in [3.8, 4) is 0 Å². The van der Waals surface area contributed by atoms with Crippen molar-refractivity contribution in [2.75, 3.05) is 6.61 Å². The lowest BCUT2D eigenvalue weighted by Gasteiger charge is -2.18. The van der Waals surface area contributed by atoms with Crippen LogP contribution in [-0.2, 0) is 4.74 Å². The van der Waals surface area contributed by atoms with Gasteiger partial charge in [-0.1, -0.05) is 39.7 Å². The van der Waals surface area contributed by atoms with Crippen LogP contribution in [0.5, 0.6) is 0 Å². The summed E-state index contributed by atoms with van der Waals surface area (Å²) < 4.78 is 5.31. The van der Waals surface area contributed by atoms with E-state index in [9.17, 15) is 5.11 Å². The van der Waals surface area contributed by atoms with E-state index in [1.165, 1.54) is 19.3 Å². The van der Waals surface area contributed by atoms with Crippen molar-refractivity contribution in [1.29, 1.82) is 0 Å². The van der Waals surface area contributed by atoms with Crippen molar-refractivity contribution in [3.63, 3.8) is 0 Å². The van der Waals surface area contributed by atoms with E-state index < -0.39 is 6.29 Å². The second-order valence-corrected chi connectivity index (χ2v) is 3.95. The van der Waals surface area contributed by atoms with Crippen LogP contribution < -0.4 is 0 Å². The van der Waals surface area contributed by atoms with E-state index in [1.807, 2.05) is 0 Å². The molecule has 1 N–H and O–H groups in total. The first-order valence-corrected chi connectivity index (χ1v) is 5.56. The molecule has 0 rings (SSSR count). The molecule has 0 aliphatic rings. The third-order valence-corrected chi connectivity index (χ3v) is 2.45. The Morgan fingerprint density at radius 2 is 2.07 bits per heavy atom. The molecule has 2 nitrogen and oxygen atoms in total. The van der Waals surface area contributed by atoms with Gasteiger partial charge in [0, 0.05) is 0 Å². The topological polar surface area (TPSA) is 29.5 Å². The lowest BCUT2D eigenvalue weighted by molar-refractivity contribution is -0.0848. The molecule has 2 unspecified atom stereocenters. The predicted octanol–water partition coefficient (Wildman–Crippen LogP) is 3.11. The molecule has 0 amide bonds. The molecule has 2 heteroatoms. The van der Waals surface area contributed by atoms with Crippen molar-refractivity contribution < 1.29 is 9.84 Å². The molecule has 0 aliphatic heterocycles. The highest BCUT2D eigenvalue weighted by molar-refractivity contribution is 4.91. The van der Waals surface area contributed by atoms with E-state index in [2.05, 4.69) is 20.4 Å². The molecule has 0 aromatic heterocycles. The van der Waals surface area contributed by atoms with Crippen LogP contribution in [0.2, 0.25) is 0 Å². The quantitative estimate of drug-likeness (QED) is 0.482. The number of hydrogen-bond donors (Lipinski definition) is 1. The molecule has 0 spiro atoms. The smallest absolute Gasteiger partial charge is 0.176 e. The van der Waals surface area contributed by atoms with Crippen LogP contribution in [0.1, 0.15) is 46.5 Å². The zero-order valence-electron chi connectivity index (χ0n) is 9.75. The van der Waals surface area contributed by atoms with Gasteiger partial charge in [0.15, 0.2) is 6.29 Å². The summed E-state index contributed by atoms with van der Waals surface area (Å²) in [5.41, 5.74) is 0.676. The molecule has 84 valence electrons. The van der Waals surface area contributed by atoms with Gasteiger partial charge in [-0.05, 0) is 24.8 Å². The lowest BCUT2D eigenvalue weighted by atomic mass is 10.0. The Morgan fingerprint density at radius 3 is 2.50 bits per heavy atom. The minimum absolute atomic E-state index is 0.573. The molecular weight excluding hydrogens is 176 g/mol. The fraction of sp³-hybridized carbons (Fsp3) is 0.833. The third kappa shape index (κ3) is 6.17. The Labute approximate surface area is 88.0 Å². The number of unbranched alkanes of at least 4 members (excludes halogenated alkanes) is 1. The van der Waals surface area contributed by atoms with Gasteiger partial charge >= 0.3 is 0 Å². The molecule has 0 heterocycles. The van der Waals surface area contributed by atoms with Gasteiger partial charge in [0.1, 0.15) is 0 Å². The van der Waals surface area contributed by atoms with Crippen LogP contribution in [0.25, 0.3) is 0 Å². The second-order valence-electron chi connectivity index (χ2n) is 3.95. The summed E-state index contributed by atoms with van der Waals surface area (Å²) in [6, 6.07) is 0. The number of ether oxygens (including phenoxy) is 1. The fourth-order valence-electron chi connectivity index (χ4n) is 1.27. The number of aliphatic hydroxyl groups is 1. The first-order valence-electron chi connectivity index (χ1n) is 5.56. The number of rotatable bonds is 8. The van der Waals surface area contributed by atoms with E-state index in [0.717, 1.165) is 6.42 Å². The second kappa shape index (κ2) is 8.01. The predicted molar refractivity (Wildman–Crippen MR) is 60.1 cm³/mol. The Balaban J connectivity index is 3.66. The Morgan fingerprint density at radius 1 is 1.43 bits per heavy atom. The first kappa shape index (κ1) is 13.7. The van der Waals surface area contributed by atoms with Crippen LogP contribution in [0, 0.1) is 5.92 Å². The van der Waals surface area contributed by atoms with Crippen molar-refractivity contribution in [1.82, 2.24) is 0 Å². The van der Waals surface area contributed by atoms with Gasteiger partial charge in [0.25, 0.3) is 0 Å². The maximum absolute atomic E-state index is 9.37. The molecule has 0 bridgehead atoms. The van der Waals surface area contributed by atoms with Crippen molar-refractivity contribution >= 4 is 0 Å². The monoisotopic (exact) mass is 200 g/mol. The van der Waals surface area contributed by atoms with Gasteiger partial charge in [-0.3, -0.25) is 0 Å². The summed E-state index contributed by atoms with van der Waals surface area (Å²) in [6.45, 7) is 10.4. The minimum Gasteiger partial charge on any atom is -0.364 e. The van der Waals surface area contributed by atoms with Crippen LogP contribution in [-0.4, -0.2) is 18.0 Å². The number of hydrogen-bond acceptors (Lipinski definition) is 2. The zero-order valence-corrected chi connectivity index (χ0v) is 9.75. The molecule has 0 saturated heterocycles. The summed E-state index contributed by atoms with van der Waals surface area (Å²) in [7, 11) is 0. The average Bonchev–Trinajstić information content (AvgIpc) is 2.17. The van der Waals surface area contributed by atoms with Crippen LogP contribution in [0.3, 0.4) is 0 Å². The molecule has 0 saturated carbocycles. The first-order chi connectivity index (χ1) is 6.61. The van der Waals surface area contributed by atoms with E-state index in [-0.39, 0.29) is 0 Å². The molecule has 0 aromatic carbocycles. The Bertz CT molecular complexity index is 154. The standard InChI is InChI=1S/C12H24O2/c1-5-7-8-11(6-2)9-14-12(13)10(3)4/h11-13H,3,5-9H2,1-2,4H3. The highest BCUT2D eigenvalue weighted by atomic mass is 16.6. The van der Waals surface area contributed by atoms with Crippen molar-refractivity contribution in [2.24, 2.45) is 5.92 Å². The fourth-order valence-corrected chi connectivity index (χ4v) is 1.27. The largest absolute Gasteiger partial charge is 0.364 e. The number of aliphatic hydroxyl groups excluding tert-OH is 1. The molecule has 0 aromatic rings. The van der Waals surface area contributed by atoms with Crippen LogP contribution in [0.15, 0.2) is 12.2 Å². The molecule has 2 atom stereocenters. The van der Waals surface area contributed by atoms with Crippen molar-refractivity contribution in [3.05, 3.63) is 12.2 Å². The summed E-state index contributed by atoms with van der Waals surface area (Å²) in [4.78, 5) is 0. The SMILES string of the molecule is C=C(C)C(O)OCC(CC)CCCC. The van der Waals surface area contributed by atoms with Gasteiger partial charge in [-0.25, -0.2) is 0 Å². The van der Waals surface area contributed by atoms with Crippen LogP contribution in [0.4, 0.5) is 0 Å². The molecule has 0 radical (unpaired) electrons. The minimum atomic E-state index is -0.786. The highest BCUT2D eigenvalue weighted by Gasteiger charge is 2.10. The van der Waals surface area contributed by atoms with Crippen molar-refractivity contribution in [2.45, 2.75) is 52.7 Å². The van der Waals surface area contributed by atoms with E-state index in [0.29, 0.717) is 18.1 Å². The van der Waals surface area contributed by atoms with Gasteiger partial charge in [0.05, 0.1) is 6.61 Å². The van der Waals surface area contributed by atoms with Crippen LogP contribution >= 0.6 is 0 Å². The normalized spacial score (nSPS) is 15.1. The third-order valence-electron chi connectivity index (χ3n) is 2.45. The lowest BCUT2D eigenvalue weighted by Crippen LogP contribution is -2.18. The van der Waals surface area contributed by atoms with E-state index >= 15 is 0 Å². The summed E-state index contributed by atoms with van der Waals surface area (Å²) in [5.74, 6) is 0.573. The van der Waals surface area contributed by atoms with Gasteiger partial charge in [0.2, 0.25) is 0 Å². The van der Waals surface area contributed by atoms with Gasteiger partial charge < -0.3 is 9.84 Å². The summed E-state index contributed by atoms with van der Waals surface area (Å²) >= 11 is 0. The van der Waals surface area contributed by atoms with E-state index in [1.54, 1.807) is 6.92 Å². The zero-order chi connectivity index (χ0) is 11.0. The van der Waals surface area contributed by atoms with Gasteiger partial charge in [-0.2, -0.15) is 0 Å².